The van der Waals surface area contributed by atoms with Crippen molar-refractivity contribution >= 4 is 17.5 Å². The number of benzene rings is 1. The van der Waals surface area contributed by atoms with Gasteiger partial charge in [-0.3, -0.25) is 4.79 Å². The average Bonchev–Trinajstić information content (AvgIpc) is 2.42. The van der Waals surface area contributed by atoms with Crippen LogP contribution in [0.5, 0.6) is 5.75 Å². The molecule has 0 saturated heterocycles. The van der Waals surface area contributed by atoms with Gasteiger partial charge in [-0.2, -0.15) is 0 Å². The summed E-state index contributed by atoms with van der Waals surface area (Å²) >= 11 is 5.96. The molecule has 0 aliphatic heterocycles. The summed E-state index contributed by atoms with van der Waals surface area (Å²) in [6.07, 6.45) is 0.784. The van der Waals surface area contributed by atoms with Crippen molar-refractivity contribution in [1.29, 1.82) is 0 Å². The zero-order valence-corrected chi connectivity index (χ0v) is 13.1. The molecule has 0 aliphatic carbocycles. The molecule has 0 saturated carbocycles. The summed E-state index contributed by atoms with van der Waals surface area (Å²) in [5.74, 6) is 0.855. The highest BCUT2D eigenvalue weighted by Crippen LogP contribution is 2.22. The standard InChI is InChI=1S/C15H23ClN2O2/c1-11(2)13(17)8-9-18(3)15(19)10-20-14-7-5-4-6-12(14)16/h4-7,11,13H,8-10,17H2,1-3H3. The summed E-state index contributed by atoms with van der Waals surface area (Å²) in [7, 11) is 1.76. The quantitative estimate of drug-likeness (QED) is 0.841. The fourth-order valence-electron chi connectivity index (χ4n) is 1.61. The summed E-state index contributed by atoms with van der Waals surface area (Å²) in [6.45, 7) is 4.77. The van der Waals surface area contributed by atoms with Crippen LogP contribution in [0.15, 0.2) is 24.3 Å². The highest BCUT2D eigenvalue weighted by molar-refractivity contribution is 6.32. The van der Waals surface area contributed by atoms with Crippen LogP contribution in [0.25, 0.3) is 0 Å². The minimum atomic E-state index is -0.0825. The smallest absolute Gasteiger partial charge is 0.260 e. The number of amides is 1. The van der Waals surface area contributed by atoms with Gasteiger partial charge in [-0.25, -0.2) is 0 Å². The Bertz CT molecular complexity index is 438. The Morgan fingerprint density at radius 2 is 2.05 bits per heavy atom. The number of halogens is 1. The molecule has 0 fully saturated rings. The molecule has 0 spiro atoms. The van der Waals surface area contributed by atoms with Gasteiger partial charge in [0.15, 0.2) is 6.61 Å². The maximum absolute atomic E-state index is 11.9. The van der Waals surface area contributed by atoms with Crippen LogP contribution in [0.2, 0.25) is 5.02 Å². The Morgan fingerprint density at radius 1 is 1.40 bits per heavy atom. The summed E-state index contributed by atoms with van der Waals surface area (Å²) in [5, 5.41) is 0.504. The number of nitrogens with zero attached hydrogens (tertiary/aromatic N) is 1. The van der Waals surface area contributed by atoms with E-state index in [4.69, 9.17) is 22.1 Å². The largest absolute Gasteiger partial charge is 0.482 e. The molecule has 20 heavy (non-hydrogen) atoms. The molecule has 0 bridgehead atoms. The number of para-hydroxylation sites is 1. The molecule has 0 radical (unpaired) electrons. The third-order valence-corrected chi connectivity index (χ3v) is 3.58. The molecular weight excluding hydrogens is 276 g/mol. The van der Waals surface area contributed by atoms with Gasteiger partial charge in [0.25, 0.3) is 5.91 Å². The van der Waals surface area contributed by atoms with Crippen LogP contribution in [-0.4, -0.2) is 37.0 Å². The monoisotopic (exact) mass is 298 g/mol. The Labute approximate surface area is 125 Å². The summed E-state index contributed by atoms with van der Waals surface area (Å²) < 4.78 is 5.42. The van der Waals surface area contributed by atoms with Crippen molar-refractivity contribution in [2.24, 2.45) is 11.7 Å². The lowest BCUT2D eigenvalue weighted by atomic mass is 10.0. The third kappa shape index (κ3) is 5.39. The Morgan fingerprint density at radius 3 is 2.65 bits per heavy atom. The summed E-state index contributed by atoms with van der Waals surface area (Å²) in [6, 6.07) is 7.21. The maximum atomic E-state index is 11.9. The number of nitrogens with two attached hydrogens (primary N) is 1. The molecule has 1 amide bonds. The Hall–Kier alpha value is -1.26. The third-order valence-electron chi connectivity index (χ3n) is 3.27. The SMILES string of the molecule is CC(C)C(N)CCN(C)C(=O)COc1ccccc1Cl. The van der Waals surface area contributed by atoms with Crippen LogP contribution in [0.3, 0.4) is 0 Å². The van der Waals surface area contributed by atoms with Gasteiger partial charge in [-0.05, 0) is 24.5 Å². The van der Waals surface area contributed by atoms with Crippen molar-refractivity contribution in [3.05, 3.63) is 29.3 Å². The lowest BCUT2D eigenvalue weighted by molar-refractivity contribution is -0.132. The van der Waals surface area contributed by atoms with E-state index in [1.165, 1.54) is 0 Å². The highest BCUT2D eigenvalue weighted by atomic mass is 35.5. The lowest BCUT2D eigenvalue weighted by Crippen LogP contribution is -2.36. The van der Waals surface area contributed by atoms with Gasteiger partial charge in [0.1, 0.15) is 5.75 Å². The molecule has 1 rings (SSSR count). The van der Waals surface area contributed by atoms with Gasteiger partial charge in [-0.15, -0.1) is 0 Å². The lowest BCUT2D eigenvalue weighted by Gasteiger charge is -2.21. The number of likely N-dealkylation sites (N-methyl/N-ethyl adjacent to an activating group) is 1. The minimum absolute atomic E-state index is 0.0167. The summed E-state index contributed by atoms with van der Waals surface area (Å²) in [4.78, 5) is 13.6. The van der Waals surface area contributed by atoms with E-state index in [1.54, 1.807) is 24.1 Å². The predicted octanol–water partition coefficient (Wildman–Crippen LogP) is 2.55. The first-order valence-electron chi connectivity index (χ1n) is 6.78. The van der Waals surface area contributed by atoms with Crippen LogP contribution in [0, 0.1) is 5.92 Å². The Kier molecular flexibility index (Phi) is 6.82. The van der Waals surface area contributed by atoms with Crippen LogP contribution < -0.4 is 10.5 Å². The fraction of sp³-hybridized carbons (Fsp3) is 0.533. The molecule has 0 aliphatic rings. The molecule has 112 valence electrons. The van der Waals surface area contributed by atoms with Gasteiger partial charge >= 0.3 is 0 Å². The van der Waals surface area contributed by atoms with Gasteiger partial charge in [0, 0.05) is 19.6 Å². The van der Waals surface area contributed by atoms with Crippen LogP contribution >= 0.6 is 11.6 Å². The molecule has 1 aromatic rings. The average molecular weight is 299 g/mol. The van der Waals surface area contributed by atoms with Gasteiger partial charge in [0.2, 0.25) is 0 Å². The zero-order chi connectivity index (χ0) is 15.1. The zero-order valence-electron chi connectivity index (χ0n) is 12.3. The minimum Gasteiger partial charge on any atom is -0.482 e. The molecule has 0 heterocycles. The number of hydrogen-bond donors (Lipinski definition) is 1. The fourth-order valence-corrected chi connectivity index (χ4v) is 1.80. The van der Waals surface area contributed by atoms with E-state index in [9.17, 15) is 4.79 Å². The van der Waals surface area contributed by atoms with E-state index in [-0.39, 0.29) is 18.6 Å². The predicted molar refractivity (Wildman–Crippen MR) is 82.0 cm³/mol. The number of rotatable bonds is 7. The molecule has 1 aromatic carbocycles. The van der Waals surface area contributed by atoms with Crippen molar-refractivity contribution < 1.29 is 9.53 Å². The van der Waals surface area contributed by atoms with Crippen molar-refractivity contribution in [3.63, 3.8) is 0 Å². The topological polar surface area (TPSA) is 55.6 Å². The first-order valence-corrected chi connectivity index (χ1v) is 7.16. The van der Waals surface area contributed by atoms with Crippen molar-refractivity contribution in [3.8, 4) is 5.75 Å². The van der Waals surface area contributed by atoms with Gasteiger partial charge in [0.05, 0.1) is 5.02 Å². The molecule has 0 aromatic heterocycles. The van der Waals surface area contributed by atoms with E-state index >= 15 is 0 Å². The number of carbonyl (C=O) groups is 1. The van der Waals surface area contributed by atoms with Crippen LogP contribution in [0.1, 0.15) is 20.3 Å². The first kappa shape index (κ1) is 16.8. The molecule has 1 atom stereocenters. The second-order valence-corrected chi connectivity index (χ2v) is 5.64. The van der Waals surface area contributed by atoms with E-state index in [0.29, 0.717) is 23.2 Å². The van der Waals surface area contributed by atoms with E-state index in [1.807, 2.05) is 12.1 Å². The summed E-state index contributed by atoms with van der Waals surface area (Å²) in [5.41, 5.74) is 5.96. The highest BCUT2D eigenvalue weighted by Gasteiger charge is 2.13. The van der Waals surface area contributed by atoms with Crippen LogP contribution in [0.4, 0.5) is 0 Å². The first-order chi connectivity index (χ1) is 9.41. The van der Waals surface area contributed by atoms with E-state index in [0.717, 1.165) is 6.42 Å². The Balaban J connectivity index is 2.37. The molecule has 4 nitrogen and oxygen atoms in total. The van der Waals surface area contributed by atoms with Crippen molar-refractivity contribution in [2.45, 2.75) is 26.3 Å². The molecule has 5 heteroatoms. The van der Waals surface area contributed by atoms with Crippen LogP contribution in [-0.2, 0) is 4.79 Å². The number of hydrogen-bond acceptors (Lipinski definition) is 3. The number of carbonyl (C=O) groups excluding carboxylic acids is 1. The van der Waals surface area contributed by atoms with E-state index < -0.39 is 0 Å². The molecule has 2 N–H and O–H groups in total. The van der Waals surface area contributed by atoms with E-state index in [2.05, 4.69) is 13.8 Å². The number of ether oxygens (including phenoxy) is 1. The van der Waals surface area contributed by atoms with Crippen molar-refractivity contribution in [2.75, 3.05) is 20.2 Å². The maximum Gasteiger partial charge on any atom is 0.260 e. The second kappa shape index (κ2) is 8.12. The molecular formula is C15H23ClN2O2. The second-order valence-electron chi connectivity index (χ2n) is 5.23. The van der Waals surface area contributed by atoms with Gasteiger partial charge in [-0.1, -0.05) is 37.6 Å². The molecule has 1 unspecified atom stereocenters. The normalized spacial score (nSPS) is 12.3. The van der Waals surface area contributed by atoms with Gasteiger partial charge < -0.3 is 15.4 Å². The van der Waals surface area contributed by atoms with Crippen molar-refractivity contribution in [1.82, 2.24) is 4.90 Å².